The molecule has 0 bridgehead atoms. The number of hydrazone groups is 1. The summed E-state index contributed by atoms with van der Waals surface area (Å²) in [5, 5.41) is 26.8. The minimum absolute atomic E-state index is 0.0600. The molecule has 28 heavy (non-hydrogen) atoms. The Morgan fingerprint density at radius 3 is 2.36 bits per heavy atom. The van der Waals surface area contributed by atoms with Crippen LogP contribution in [0.15, 0.2) is 58.5 Å². The number of carbonyl (C=O) groups excluding carboxylic acids is 1. The Balaban J connectivity index is 1.82. The molecule has 0 saturated carbocycles. The maximum Gasteiger partial charge on any atom is 0.286 e. The maximum atomic E-state index is 12.5. The van der Waals surface area contributed by atoms with Gasteiger partial charge >= 0.3 is 0 Å². The molecule has 1 heterocycles. The van der Waals surface area contributed by atoms with E-state index in [2.05, 4.69) is 5.10 Å². The van der Waals surface area contributed by atoms with E-state index in [0.29, 0.717) is 5.56 Å². The lowest BCUT2D eigenvalue weighted by Crippen LogP contribution is -2.22. The molecule has 0 atom stereocenters. The van der Waals surface area contributed by atoms with Crippen LogP contribution in [0.3, 0.4) is 0 Å². The second kappa shape index (κ2) is 8.06. The van der Waals surface area contributed by atoms with Gasteiger partial charge in [0.2, 0.25) is 0 Å². The molecule has 1 fully saturated rings. The minimum atomic E-state index is -0.528. The van der Waals surface area contributed by atoms with Crippen molar-refractivity contribution in [2.45, 2.75) is 0 Å². The molecule has 2 aromatic rings. The number of amides is 1. The molecule has 1 amide bonds. The average Bonchev–Trinajstić information content (AvgIpc) is 2.93. The Morgan fingerprint density at radius 1 is 1.04 bits per heavy atom. The number of hydrogen-bond acceptors (Lipinski definition) is 8. The van der Waals surface area contributed by atoms with E-state index in [4.69, 9.17) is 12.2 Å². The molecule has 9 nitrogen and oxygen atoms in total. The molecule has 140 valence electrons. The van der Waals surface area contributed by atoms with Crippen molar-refractivity contribution < 1.29 is 14.6 Å². The van der Waals surface area contributed by atoms with Gasteiger partial charge in [0.05, 0.1) is 26.5 Å². The van der Waals surface area contributed by atoms with Gasteiger partial charge in [-0.25, -0.2) is 0 Å². The van der Waals surface area contributed by atoms with Crippen molar-refractivity contribution in [3.8, 4) is 0 Å². The van der Waals surface area contributed by atoms with Gasteiger partial charge in [-0.05, 0) is 42.1 Å². The first kappa shape index (κ1) is 19.3. The summed E-state index contributed by atoms with van der Waals surface area (Å²) in [6.45, 7) is 0. The minimum Gasteiger partial charge on any atom is -0.266 e. The highest BCUT2D eigenvalue weighted by atomic mass is 32.2. The summed E-state index contributed by atoms with van der Waals surface area (Å²) >= 11 is 6.14. The highest BCUT2D eigenvalue weighted by Crippen LogP contribution is 2.34. The standard InChI is InChI=1S/C17H10N4O5S2/c22-16-15(9-12-3-1-2-4-14(12)21(25)26)28-17(27)19(16)18-10-11-5-7-13(8-6-11)20(23)24/h1-10H/b15-9+,18-10+. The number of nitro groups is 2. The number of benzene rings is 2. The maximum absolute atomic E-state index is 12.5. The molecule has 0 radical (unpaired) electrons. The quantitative estimate of drug-likeness (QED) is 0.240. The third-order valence-electron chi connectivity index (χ3n) is 3.62. The lowest BCUT2D eigenvalue weighted by molar-refractivity contribution is -0.385. The van der Waals surface area contributed by atoms with Gasteiger partial charge in [0, 0.05) is 18.2 Å². The molecule has 0 spiro atoms. The zero-order valence-corrected chi connectivity index (χ0v) is 15.6. The van der Waals surface area contributed by atoms with Gasteiger partial charge in [-0.1, -0.05) is 23.9 Å². The highest BCUT2D eigenvalue weighted by molar-refractivity contribution is 8.26. The largest absolute Gasteiger partial charge is 0.286 e. The van der Waals surface area contributed by atoms with Crippen LogP contribution in [0.5, 0.6) is 0 Å². The summed E-state index contributed by atoms with van der Waals surface area (Å²) in [5.41, 5.74) is 0.645. The monoisotopic (exact) mass is 414 g/mol. The van der Waals surface area contributed by atoms with Gasteiger partial charge in [-0.3, -0.25) is 25.0 Å². The van der Waals surface area contributed by atoms with E-state index in [1.165, 1.54) is 54.8 Å². The summed E-state index contributed by atoms with van der Waals surface area (Å²) < 4.78 is 0.174. The zero-order chi connectivity index (χ0) is 20.3. The van der Waals surface area contributed by atoms with E-state index in [0.717, 1.165) is 16.8 Å². The summed E-state index contributed by atoms with van der Waals surface area (Å²) in [4.78, 5) is 33.5. The van der Waals surface area contributed by atoms with Crippen molar-refractivity contribution in [3.63, 3.8) is 0 Å². The van der Waals surface area contributed by atoms with Crippen molar-refractivity contribution in [1.29, 1.82) is 0 Å². The second-order valence-corrected chi connectivity index (χ2v) is 7.08. The lowest BCUT2D eigenvalue weighted by Gasteiger charge is -2.06. The zero-order valence-electron chi connectivity index (χ0n) is 13.9. The smallest absolute Gasteiger partial charge is 0.266 e. The van der Waals surface area contributed by atoms with Crippen molar-refractivity contribution in [1.82, 2.24) is 5.01 Å². The van der Waals surface area contributed by atoms with Gasteiger partial charge in [0.25, 0.3) is 17.3 Å². The molecule has 1 aliphatic rings. The number of nitrogens with zero attached hydrogens (tertiary/aromatic N) is 4. The molecule has 1 saturated heterocycles. The lowest BCUT2D eigenvalue weighted by atomic mass is 10.1. The van der Waals surface area contributed by atoms with E-state index in [1.807, 2.05) is 0 Å². The third-order valence-corrected chi connectivity index (χ3v) is 4.90. The van der Waals surface area contributed by atoms with E-state index in [-0.39, 0.29) is 26.2 Å². The summed E-state index contributed by atoms with van der Waals surface area (Å²) in [7, 11) is 0. The first-order valence-electron chi connectivity index (χ1n) is 7.66. The number of nitro benzene ring substituents is 2. The second-order valence-electron chi connectivity index (χ2n) is 5.40. The number of carbonyl (C=O) groups is 1. The fourth-order valence-electron chi connectivity index (χ4n) is 2.28. The number of thioether (sulfide) groups is 1. The predicted molar refractivity (Wildman–Crippen MR) is 109 cm³/mol. The SMILES string of the molecule is O=C1/C(=C\c2ccccc2[N+](=O)[O-])SC(=S)N1/N=C/c1ccc([N+](=O)[O-])cc1. The van der Waals surface area contributed by atoms with Crippen molar-refractivity contribution in [2.75, 3.05) is 0 Å². The Morgan fingerprint density at radius 2 is 1.71 bits per heavy atom. The fourth-order valence-corrected chi connectivity index (χ4v) is 3.45. The van der Waals surface area contributed by atoms with Gasteiger partial charge in [0.15, 0.2) is 4.32 Å². The summed E-state index contributed by atoms with van der Waals surface area (Å²) in [6, 6.07) is 11.7. The number of thiocarbonyl (C=S) groups is 1. The molecule has 0 unspecified atom stereocenters. The van der Waals surface area contributed by atoms with Gasteiger partial charge in [0.1, 0.15) is 0 Å². The van der Waals surface area contributed by atoms with E-state index >= 15 is 0 Å². The summed E-state index contributed by atoms with van der Waals surface area (Å²) in [5.74, 6) is -0.508. The molecule has 2 aromatic carbocycles. The Labute approximate surface area is 167 Å². The van der Waals surface area contributed by atoms with Crippen LogP contribution in [0.25, 0.3) is 6.08 Å². The van der Waals surface area contributed by atoms with Gasteiger partial charge in [-0.15, -0.1) is 0 Å². The first-order chi connectivity index (χ1) is 13.4. The van der Waals surface area contributed by atoms with E-state index in [9.17, 15) is 25.0 Å². The third kappa shape index (κ3) is 4.10. The van der Waals surface area contributed by atoms with Crippen molar-refractivity contribution >= 4 is 57.9 Å². The Bertz CT molecular complexity index is 1050. The number of hydrogen-bond donors (Lipinski definition) is 0. The van der Waals surface area contributed by atoms with Crippen LogP contribution in [0, 0.1) is 20.2 Å². The molecule has 0 N–H and O–H groups in total. The van der Waals surface area contributed by atoms with Crippen LogP contribution in [-0.2, 0) is 4.79 Å². The van der Waals surface area contributed by atoms with E-state index in [1.54, 1.807) is 6.07 Å². The topological polar surface area (TPSA) is 119 Å². The van der Waals surface area contributed by atoms with E-state index < -0.39 is 15.8 Å². The molecular weight excluding hydrogens is 404 g/mol. The van der Waals surface area contributed by atoms with Crippen molar-refractivity contribution in [2.24, 2.45) is 5.10 Å². The Hall–Kier alpha value is -3.44. The molecule has 0 aliphatic carbocycles. The van der Waals surface area contributed by atoms with Crippen LogP contribution >= 0.6 is 24.0 Å². The van der Waals surface area contributed by atoms with Crippen LogP contribution in [-0.4, -0.2) is 31.3 Å². The number of non-ortho nitro benzene ring substituents is 1. The molecule has 0 aromatic heterocycles. The molecule has 11 heteroatoms. The van der Waals surface area contributed by atoms with Crippen molar-refractivity contribution in [3.05, 3.63) is 84.8 Å². The van der Waals surface area contributed by atoms with Gasteiger partial charge < -0.3 is 0 Å². The van der Waals surface area contributed by atoms with Gasteiger partial charge in [-0.2, -0.15) is 10.1 Å². The number of para-hydroxylation sites is 1. The first-order valence-corrected chi connectivity index (χ1v) is 8.89. The normalized spacial score (nSPS) is 15.6. The molecule has 1 aliphatic heterocycles. The fraction of sp³-hybridized carbons (Fsp3) is 0. The van der Waals surface area contributed by atoms with Crippen LogP contribution in [0.2, 0.25) is 0 Å². The van der Waals surface area contributed by atoms with Crippen LogP contribution in [0.1, 0.15) is 11.1 Å². The highest BCUT2D eigenvalue weighted by Gasteiger charge is 2.32. The Kier molecular flexibility index (Phi) is 5.57. The molecule has 3 rings (SSSR count). The predicted octanol–water partition coefficient (Wildman–Crippen LogP) is 3.74. The molecular formula is C17H10N4O5S2. The average molecular weight is 414 g/mol. The number of rotatable bonds is 5. The van der Waals surface area contributed by atoms with Crippen LogP contribution in [0.4, 0.5) is 11.4 Å². The summed E-state index contributed by atoms with van der Waals surface area (Å²) in [6.07, 6.45) is 2.75. The van der Waals surface area contributed by atoms with Crippen LogP contribution < -0.4 is 0 Å².